The Morgan fingerprint density at radius 2 is 0.698 bits per heavy atom. The number of aromatic nitrogens is 15. The van der Waals surface area contributed by atoms with E-state index in [-0.39, 0.29) is 178 Å². The molecular formula is C83H130F6N22O27S7Si4. The van der Waals surface area contributed by atoms with E-state index in [0.29, 0.717) is 59.7 Å². The Kier molecular flexibility index (Phi) is 40.5. The van der Waals surface area contributed by atoms with Crippen molar-refractivity contribution >= 4 is 197 Å². The third-order valence-corrected chi connectivity index (χ3v) is 50.4. The fraction of sp³-hybridized carbons (Fsp3) is 0.663. The second kappa shape index (κ2) is 47.1. The van der Waals surface area contributed by atoms with Gasteiger partial charge in [0.15, 0.2) is 98.4 Å². The lowest BCUT2D eigenvalue weighted by atomic mass is 10.1. The van der Waals surface area contributed by atoms with Gasteiger partial charge in [0.1, 0.15) is 35.7 Å². The lowest BCUT2D eigenvalue weighted by molar-refractivity contribution is -0.127. The van der Waals surface area contributed by atoms with E-state index in [1.54, 1.807) is 0 Å². The van der Waals surface area contributed by atoms with Crippen molar-refractivity contribution in [3.8, 4) is 18.0 Å². The van der Waals surface area contributed by atoms with Gasteiger partial charge in [0, 0.05) is 19.3 Å². The monoisotopic (exact) mass is 2320 g/mol. The Hall–Kier alpha value is -9.63. The smallest absolute Gasteiger partial charge is 0.414 e. The number of anilines is 5. The van der Waals surface area contributed by atoms with Gasteiger partial charge in [0.05, 0.1) is 87.5 Å². The number of carbonyl (C=O) groups excluding carboxylic acids is 1. The SMILES string of the molecule is C.C.C.C.C.CC(C)(C)[Si](C)(C)OC[C@@H]1CC(=O)[C@H](n2c(=O)sc3c(=O)[nH]c(N)nc32)O1.CC(C)(C)[Si](C)(C)OC[C@@H]1C[C@@H](C#N)[C@H](n2c(=O)sc3c(=O)[nH]c(N)nc32)O1.CC(C)(C)[Si](C)(C)OC[C@@H]1C[C@H](O)[C@H](n2c(=O)sc3c(=O)[nH]c(N)nc32)O1.CC(C)(C)[Si](C)(C)OC[C@@H]1C[C@H](OS(=O)(=O)C(F)(F)F)[C@H](n2c(=O)sc3c(OS(=O)(=O)C(F)(F)F)nc(N)nc32)O1.N#C[C@@H]1C[C@@H](CO)O[C@H]1n1c(=O)sc2c(=O)[nH]c(N)nc21. The molecule has 0 aromatic carbocycles. The van der Waals surface area contributed by atoms with Gasteiger partial charge >= 0.3 is 55.6 Å². The molecule has 10 aromatic heterocycles. The van der Waals surface area contributed by atoms with Crippen LogP contribution in [-0.4, -0.2) is 226 Å². The second-order valence-corrected chi connectivity index (χ2v) is 67.1. The number of hydrogen-bond donors (Lipinski definition) is 11. The summed E-state index contributed by atoms with van der Waals surface area (Å²) in [6.07, 6.45) is -10.7. The summed E-state index contributed by atoms with van der Waals surface area (Å²) in [5.74, 6) is -4.04. The number of aliphatic hydroxyl groups is 2. The number of ether oxygens (including phenoxy) is 5. The highest BCUT2D eigenvalue weighted by atomic mass is 32.2. The quantitative estimate of drug-likeness (QED) is 0.0130. The fourth-order valence-corrected chi connectivity index (χ4v) is 23.3. The van der Waals surface area contributed by atoms with Crippen molar-refractivity contribution in [1.82, 2.24) is 72.7 Å². The Bertz CT molecular complexity index is 7440. The van der Waals surface area contributed by atoms with E-state index in [1.165, 1.54) is 9.13 Å². The van der Waals surface area contributed by atoms with Crippen LogP contribution in [0.1, 0.15) is 183 Å². The first-order valence-electron chi connectivity index (χ1n) is 43.8. The summed E-state index contributed by atoms with van der Waals surface area (Å²) in [4.78, 5) is 152. The zero-order valence-electron chi connectivity index (χ0n) is 81.1. The molecule has 16 N–H and O–H groups in total. The number of carbonyl (C=O) groups is 1. The third-order valence-electron chi connectivity index (χ3n) is 25.7. The summed E-state index contributed by atoms with van der Waals surface area (Å²) in [5, 5.41) is 38.3. The lowest BCUT2D eigenvalue weighted by Crippen LogP contribution is -2.42. The summed E-state index contributed by atoms with van der Waals surface area (Å²) in [6.45, 7) is 42.0. The molecule has 10 aromatic rings. The summed E-state index contributed by atoms with van der Waals surface area (Å²) in [7, 11) is -20.9. The summed E-state index contributed by atoms with van der Waals surface area (Å²) in [5.41, 5.74) is 13.8. The Morgan fingerprint density at radius 3 is 1.05 bits per heavy atom. The number of fused-ring (bicyclic) bond motifs is 5. The van der Waals surface area contributed by atoms with Gasteiger partial charge in [-0.15, -0.1) is 0 Å². The predicted molar refractivity (Wildman–Crippen MR) is 562 cm³/mol. The number of nitrogens with one attached hydrogen (secondary N) is 4. The Labute approximate surface area is 873 Å². The van der Waals surface area contributed by atoms with Gasteiger partial charge in [-0.3, -0.25) is 90.3 Å². The van der Waals surface area contributed by atoms with E-state index in [4.69, 9.17) is 75.2 Å². The van der Waals surface area contributed by atoms with Crippen molar-refractivity contribution in [1.29, 1.82) is 10.5 Å². The predicted octanol–water partition coefficient (Wildman–Crippen LogP) is 10.7. The van der Waals surface area contributed by atoms with Crippen LogP contribution in [0.5, 0.6) is 5.88 Å². The molecule has 14 atom stereocenters. The molecule has 5 fully saturated rings. The van der Waals surface area contributed by atoms with Crippen LogP contribution in [0.3, 0.4) is 0 Å². The molecule has 0 bridgehead atoms. The van der Waals surface area contributed by atoms with Crippen molar-refractivity contribution < 1.29 is 108 Å². The zero-order chi connectivity index (χ0) is 108. The van der Waals surface area contributed by atoms with Crippen LogP contribution in [-0.2, 0) is 70.6 Å². The van der Waals surface area contributed by atoms with E-state index in [9.17, 15) is 107 Å². The molecule has 66 heteroatoms. The van der Waals surface area contributed by atoms with Gasteiger partial charge in [-0.05, 0) is 85.4 Å². The van der Waals surface area contributed by atoms with E-state index in [0.717, 1.165) is 31.8 Å². The summed E-state index contributed by atoms with van der Waals surface area (Å²) >= 11 is 2.99. The first-order chi connectivity index (χ1) is 66.1. The maximum atomic E-state index is 13.1. The number of Topliss-reactive ketones (excluding diaryl/α,β-unsaturated/α-hetero) is 1. The molecule has 15 rings (SSSR count). The highest BCUT2D eigenvalue weighted by Gasteiger charge is 2.55. The first-order valence-corrected chi connectivity index (χ1v) is 62.4. The molecular weight excluding hydrogens is 2190 g/mol. The molecule has 0 spiro atoms. The van der Waals surface area contributed by atoms with E-state index in [1.807, 2.05) is 33.9 Å². The molecule has 834 valence electrons. The number of nitrogens with two attached hydrogens (primary N) is 5. The number of ketones is 1. The minimum Gasteiger partial charge on any atom is -0.414 e. The highest BCUT2D eigenvalue weighted by Crippen LogP contribution is 2.47. The number of hydrogen-bond acceptors (Lipinski definition) is 45. The van der Waals surface area contributed by atoms with Crippen molar-refractivity contribution in [2.24, 2.45) is 11.8 Å². The number of nitrogen functional groups attached to an aromatic ring is 5. The molecule has 49 nitrogen and oxygen atoms in total. The van der Waals surface area contributed by atoms with Gasteiger partial charge in [-0.25, -0.2) is 4.57 Å². The number of thiazole rings is 5. The molecule has 0 aliphatic carbocycles. The number of aromatic amines is 4. The first kappa shape index (κ1) is 128. The maximum Gasteiger partial charge on any atom is 0.534 e. The van der Waals surface area contributed by atoms with Gasteiger partial charge in [0.2, 0.25) is 29.7 Å². The average molecular weight is 2320 g/mol. The number of nitrogens with zero attached hydrogens (tertiary/aromatic N) is 13. The van der Waals surface area contributed by atoms with Crippen LogP contribution in [0.25, 0.3) is 51.7 Å². The number of rotatable bonds is 22. The molecule has 15 heterocycles. The number of nitriles is 2. The van der Waals surface area contributed by atoms with Gasteiger partial charge in [-0.1, -0.05) is 177 Å². The van der Waals surface area contributed by atoms with Gasteiger partial charge in [0.25, 0.3) is 28.1 Å². The highest BCUT2D eigenvalue weighted by molar-refractivity contribution is 7.88. The van der Waals surface area contributed by atoms with Crippen LogP contribution in [0.2, 0.25) is 72.5 Å². The fourth-order valence-electron chi connectivity index (χ4n) is 13.9. The summed E-state index contributed by atoms with van der Waals surface area (Å²) in [6, 6.07) is 4.26. The molecule has 149 heavy (non-hydrogen) atoms. The molecule has 5 saturated heterocycles. The largest absolute Gasteiger partial charge is 0.534 e. The minimum absolute atomic E-state index is 0. The number of aliphatic hydroxyl groups excluding tert-OH is 2. The van der Waals surface area contributed by atoms with Gasteiger partial charge < -0.3 is 84.5 Å². The Balaban J connectivity index is 0.000000286. The number of H-pyrrole nitrogens is 4. The number of halogens is 6. The van der Waals surface area contributed by atoms with Crippen LogP contribution >= 0.6 is 56.7 Å². The molecule has 0 saturated carbocycles. The van der Waals surface area contributed by atoms with Gasteiger partial charge in [-0.2, -0.15) is 83.6 Å². The van der Waals surface area contributed by atoms with Crippen LogP contribution in [0.4, 0.5) is 56.1 Å². The maximum absolute atomic E-state index is 13.1. The molecule has 5 aliphatic heterocycles. The Morgan fingerprint density at radius 1 is 0.409 bits per heavy atom. The van der Waals surface area contributed by atoms with Crippen LogP contribution in [0, 0.1) is 34.5 Å². The molecule has 5 aliphatic rings. The minimum atomic E-state index is -6.30. The van der Waals surface area contributed by atoms with E-state index >= 15 is 0 Å². The topological polar surface area (TPSA) is 724 Å². The summed E-state index contributed by atoms with van der Waals surface area (Å²) < 4.78 is 192. The van der Waals surface area contributed by atoms with Crippen LogP contribution in [0.15, 0.2) is 43.2 Å². The molecule has 0 radical (unpaired) electrons. The third kappa shape index (κ3) is 27.8. The molecule has 0 unspecified atom stereocenters. The second-order valence-electron chi connectivity index (χ2n) is 40.0. The average Bonchev–Trinajstić information content (AvgIpc) is 1.61. The van der Waals surface area contributed by atoms with Crippen molar-refractivity contribution in [3.63, 3.8) is 0 Å². The normalized spacial score (nSPS) is 22.0. The van der Waals surface area contributed by atoms with Crippen molar-refractivity contribution in [2.75, 3.05) is 61.7 Å². The lowest BCUT2D eigenvalue weighted by Gasteiger charge is -2.36. The van der Waals surface area contributed by atoms with Crippen LogP contribution < -0.4 is 79.5 Å². The standard InChI is InChI=1S/C18H24F6N4O9S3Si.C17H25N5O4SSi.C16H26N4O5SSi.C16H24N4O5SSi.C11H11N5O4S.5CH4/c1-16(2,3)41(4,5)34-7-8-6-9(36-39(30,31)17(19,20)21)13(35-8)28-11-10(38-15(28)29)12(27-14(25)26-11)37-40(32,33)18(22,23)24;1-17(2,3)28(4,5)25-8-10-6-9(7-18)14(26-10)22-12-11(27-16(22)24)13(23)21-15(19)20-12;2*1-16(2,3)27(4,5)24-7-8-6-9(21)13(25-8)20-11-10(26-15(20)23)12(22)19-14(17)18-11;12-2-4-1-5(3-17)20-9(4)16-7-6(21-11(16)19)8(18)15-10(13)14-7;;;;;/h8-9,13H,6-7H2,1-5H3,(H2,25,26,27);9-10,14H,6,8H2,1-5H3,(H3,19,20,21,23);8-9,13,21H,6-7H2,1-5H3,(H3,17,18,19,22);8,13H,6-7H2,1-5H3,(H3,17,18,19,22);4-5,9,17H,1,3H2,(H3,13,14,15,18);5*1H4/t8-,9-,13+;9-,10-,14+;8-,9-,13+;8-,13+;4-,5-,9+;;;;;/m00000...../s1. The number of alkyl halides is 6. The van der Waals surface area contributed by atoms with Crippen molar-refractivity contribution in [3.05, 3.63) is 89.8 Å². The van der Waals surface area contributed by atoms with E-state index < -0.39 is 213 Å². The molecule has 0 amide bonds. The zero-order valence-corrected chi connectivity index (χ0v) is 90.8. The van der Waals surface area contributed by atoms with E-state index in [2.05, 4.69) is 172 Å². The van der Waals surface area contributed by atoms with Crippen molar-refractivity contribution in [2.45, 2.75) is 310 Å².